The summed E-state index contributed by atoms with van der Waals surface area (Å²) in [6, 6.07) is 8.09. The van der Waals surface area contributed by atoms with Gasteiger partial charge >= 0.3 is 0 Å². The van der Waals surface area contributed by atoms with E-state index in [1.807, 2.05) is 37.2 Å². The van der Waals surface area contributed by atoms with E-state index in [-0.39, 0.29) is 6.29 Å². The molecule has 3 heteroatoms. The van der Waals surface area contributed by atoms with Crippen LogP contribution in [0.5, 0.6) is 0 Å². The van der Waals surface area contributed by atoms with Crippen LogP contribution < -0.4 is 4.90 Å². The van der Waals surface area contributed by atoms with Crippen molar-refractivity contribution in [3.05, 3.63) is 29.8 Å². The summed E-state index contributed by atoms with van der Waals surface area (Å²) in [5, 5.41) is 0. The Kier molecular flexibility index (Phi) is 3.92. The Hall–Kier alpha value is -1.06. The van der Waals surface area contributed by atoms with Crippen molar-refractivity contribution in [2.75, 3.05) is 33.2 Å². The van der Waals surface area contributed by atoms with Crippen molar-refractivity contribution in [3.8, 4) is 0 Å². The topological polar surface area (TPSA) is 21.7 Å². The van der Waals surface area contributed by atoms with Crippen LogP contribution in [0.4, 0.5) is 5.69 Å². The molecule has 0 aliphatic carbocycles. The number of hydrogen-bond donors (Lipinski definition) is 0. The molecule has 0 unspecified atom stereocenters. The largest absolute Gasteiger partial charge is 0.378 e. The Bertz CT molecular complexity index is 282. The van der Waals surface area contributed by atoms with Crippen LogP contribution in [0.25, 0.3) is 0 Å². The predicted molar refractivity (Wildman–Crippen MR) is 57.5 cm³/mol. The highest BCUT2D eigenvalue weighted by atomic mass is 16.7. The molecule has 0 bridgehead atoms. The van der Waals surface area contributed by atoms with E-state index in [4.69, 9.17) is 9.47 Å². The molecule has 0 fully saturated rings. The number of ether oxygens (including phenoxy) is 2. The molecular weight excluding hydrogens is 178 g/mol. The third-order valence-electron chi connectivity index (χ3n) is 2.09. The lowest BCUT2D eigenvalue weighted by atomic mass is 10.2. The zero-order valence-corrected chi connectivity index (χ0v) is 9.15. The zero-order chi connectivity index (χ0) is 10.6. The van der Waals surface area contributed by atoms with Gasteiger partial charge in [-0.25, -0.2) is 0 Å². The standard InChI is InChI=1S/C11H17NO2/c1-12(2)10-7-5-6-9(8-10)11(13-3)14-4/h5-8,11H,1-4H3. The molecule has 1 aromatic carbocycles. The van der Waals surface area contributed by atoms with Gasteiger partial charge in [-0.15, -0.1) is 0 Å². The van der Waals surface area contributed by atoms with Crippen molar-refractivity contribution in [1.82, 2.24) is 0 Å². The van der Waals surface area contributed by atoms with Crippen LogP contribution in [0.15, 0.2) is 24.3 Å². The van der Waals surface area contributed by atoms with Gasteiger partial charge < -0.3 is 14.4 Å². The summed E-state index contributed by atoms with van der Waals surface area (Å²) >= 11 is 0. The van der Waals surface area contributed by atoms with Crippen molar-refractivity contribution in [3.63, 3.8) is 0 Å². The molecule has 1 rings (SSSR count). The van der Waals surface area contributed by atoms with Crippen molar-refractivity contribution < 1.29 is 9.47 Å². The van der Waals surface area contributed by atoms with Gasteiger partial charge in [0.15, 0.2) is 6.29 Å². The third kappa shape index (κ3) is 2.47. The molecule has 0 N–H and O–H groups in total. The first-order valence-corrected chi connectivity index (χ1v) is 4.52. The first-order chi connectivity index (χ1) is 6.69. The number of rotatable bonds is 4. The first-order valence-electron chi connectivity index (χ1n) is 4.52. The molecule has 0 saturated heterocycles. The molecule has 0 radical (unpaired) electrons. The summed E-state index contributed by atoms with van der Waals surface area (Å²) in [4.78, 5) is 2.05. The van der Waals surface area contributed by atoms with Crippen molar-refractivity contribution in [1.29, 1.82) is 0 Å². The van der Waals surface area contributed by atoms with Gasteiger partial charge in [-0.3, -0.25) is 0 Å². The van der Waals surface area contributed by atoms with Gasteiger partial charge in [0.2, 0.25) is 0 Å². The summed E-state index contributed by atoms with van der Waals surface area (Å²) in [6.45, 7) is 0. The Morgan fingerprint density at radius 3 is 2.29 bits per heavy atom. The summed E-state index contributed by atoms with van der Waals surface area (Å²) < 4.78 is 10.4. The second kappa shape index (κ2) is 4.98. The molecule has 0 aromatic heterocycles. The minimum Gasteiger partial charge on any atom is -0.378 e. The van der Waals surface area contributed by atoms with Gasteiger partial charge in [0, 0.05) is 39.6 Å². The highest BCUT2D eigenvalue weighted by molar-refractivity contribution is 5.47. The second-order valence-electron chi connectivity index (χ2n) is 3.29. The van der Waals surface area contributed by atoms with Crippen molar-refractivity contribution in [2.45, 2.75) is 6.29 Å². The minimum atomic E-state index is -0.283. The maximum absolute atomic E-state index is 5.18. The lowest BCUT2D eigenvalue weighted by Gasteiger charge is -2.17. The Labute approximate surface area is 85.2 Å². The lowest BCUT2D eigenvalue weighted by Crippen LogP contribution is -2.10. The monoisotopic (exact) mass is 195 g/mol. The number of nitrogens with zero attached hydrogens (tertiary/aromatic N) is 1. The van der Waals surface area contributed by atoms with E-state index in [1.54, 1.807) is 14.2 Å². The van der Waals surface area contributed by atoms with Gasteiger partial charge in [-0.2, -0.15) is 0 Å². The number of methoxy groups -OCH3 is 2. The molecule has 0 heterocycles. The first kappa shape index (κ1) is 11.0. The van der Waals surface area contributed by atoms with Crippen LogP contribution in [0.2, 0.25) is 0 Å². The third-order valence-corrected chi connectivity index (χ3v) is 2.09. The fourth-order valence-electron chi connectivity index (χ4n) is 1.32. The van der Waals surface area contributed by atoms with Crippen LogP contribution in [-0.4, -0.2) is 28.3 Å². The predicted octanol–water partition coefficient (Wildman–Crippen LogP) is 2.04. The van der Waals surface area contributed by atoms with Gasteiger partial charge in [0.25, 0.3) is 0 Å². The van der Waals surface area contributed by atoms with Crippen LogP contribution in [0.3, 0.4) is 0 Å². The minimum absolute atomic E-state index is 0.283. The van der Waals surface area contributed by atoms with Gasteiger partial charge in [0.05, 0.1) is 0 Å². The molecule has 0 amide bonds. The Morgan fingerprint density at radius 2 is 1.79 bits per heavy atom. The fourth-order valence-corrected chi connectivity index (χ4v) is 1.32. The van der Waals surface area contributed by atoms with Gasteiger partial charge in [-0.1, -0.05) is 12.1 Å². The maximum atomic E-state index is 5.18. The maximum Gasteiger partial charge on any atom is 0.183 e. The number of anilines is 1. The SMILES string of the molecule is COC(OC)c1cccc(N(C)C)c1. The smallest absolute Gasteiger partial charge is 0.183 e. The molecule has 0 spiro atoms. The fraction of sp³-hybridized carbons (Fsp3) is 0.455. The number of benzene rings is 1. The molecule has 78 valence electrons. The molecule has 0 saturated carbocycles. The molecule has 0 aliphatic heterocycles. The van der Waals surface area contributed by atoms with Crippen LogP contribution in [-0.2, 0) is 9.47 Å². The van der Waals surface area contributed by atoms with Crippen molar-refractivity contribution >= 4 is 5.69 Å². The zero-order valence-electron chi connectivity index (χ0n) is 9.15. The molecule has 1 aromatic rings. The summed E-state index contributed by atoms with van der Waals surface area (Å²) in [5.74, 6) is 0. The molecule has 0 aliphatic rings. The van der Waals surface area contributed by atoms with Gasteiger partial charge in [-0.05, 0) is 12.1 Å². The lowest BCUT2D eigenvalue weighted by molar-refractivity contribution is -0.105. The quantitative estimate of drug-likeness (QED) is 0.686. The second-order valence-corrected chi connectivity index (χ2v) is 3.29. The number of hydrogen-bond acceptors (Lipinski definition) is 3. The summed E-state index contributed by atoms with van der Waals surface area (Å²) in [6.07, 6.45) is -0.283. The summed E-state index contributed by atoms with van der Waals surface area (Å²) in [5.41, 5.74) is 2.17. The van der Waals surface area contributed by atoms with E-state index >= 15 is 0 Å². The van der Waals surface area contributed by atoms with E-state index < -0.39 is 0 Å². The van der Waals surface area contributed by atoms with Crippen molar-refractivity contribution in [2.24, 2.45) is 0 Å². The average molecular weight is 195 g/mol. The highest BCUT2D eigenvalue weighted by Gasteiger charge is 2.09. The van der Waals surface area contributed by atoms with E-state index in [2.05, 4.69) is 6.07 Å². The van der Waals surface area contributed by atoms with Crippen LogP contribution in [0.1, 0.15) is 11.9 Å². The van der Waals surface area contributed by atoms with Crippen LogP contribution >= 0.6 is 0 Å². The average Bonchev–Trinajstić information content (AvgIpc) is 2.20. The molecular formula is C11H17NO2. The van der Waals surface area contributed by atoms with E-state index in [1.165, 1.54) is 0 Å². The molecule has 3 nitrogen and oxygen atoms in total. The summed E-state index contributed by atoms with van der Waals surface area (Å²) in [7, 11) is 7.29. The Morgan fingerprint density at radius 1 is 1.14 bits per heavy atom. The Balaban J connectivity index is 2.92. The van der Waals surface area contributed by atoms with E-state index in [0.29, 0.717) is 0 Å². The van der Waals surface area contributed by atoms with Gasteiger partial charge in [0.1, 0.15) is 0 Å². The van der Waals surface area contributed by atoms with Crippen LogP contribution in [0, 0.1) is 0 Å². The van der Waals surface area contributed by atoms with E-state index in [9.17, 15) is 0 Å². The highest BCUT2D eigenvalue weighted by Crippen LogP contribution is 2.21. The van der Waals surface area contributed by atoms with E-state index in [0.717, 1.165) is 11.3 Å². The molecule has 0 atom stereocenters. The normalized spacial score (nSPS) is 10.6. The molecule has 14 heavy (non-hydrogen) atoms.